The number of aromatic nitrogens is 1. The maximum absolute atomic E-state index is 6.49. The molecule has 5 heteroatoms. The number of aryl methyl sites for hydroxylation is 1. The molecular formula is C35H29BrN2O2. The van der Waals surface area contributed by atoms with Crippen LogP contribution in [0.5, 0.6) is 5.75 Å². The van der Waals surface area contributed by atoms with Gasteiger partial charge in [0.15, 0.2) is 12.3 Å². The molecule has 0 spiro atoms. The largest absolute Gasteiger partial charge is 1.00 e. The van der Waals surface area contributed by atoms with Gasteiger partial charge in [0.25, 0.3) is 5.52 Å². The van der Waals surface area contributed by atoms with E-state index in [2.05, 4.69) is 113 Å². The number of benzene rings is 4. The molecule has 0 radical (unpaired) electrons. The molecule has 4 aromatic carbocycles. The van der Waals surface area contributed by atoms with Crippen molar-refractivity contribution >= 4 is 22.4 Å². The van der Waals surface area contributed by atoms with Crippen LogP contribution in [-0.2, 0) is 6.54 Å². The van der Waals surface area contributed by atoms with E-state index in [1.807, 2.05) is 0 Å². The number of oxazole rings is 1. The fourth-order valence-corrected chi connectivity index (χ4v) is 6.26. The molecule has 0 bridgehead atoms. The molecule has 0 aliphatic carbocycles. The Hall–Kier alpha value is -4.09. The first-order valence-corrected chi connectivity index (χ1v) is 13.9. The molecule has 5 aromatic rings. The van der Waals surface area contributed by atoms with E-state index in [0.29, 0.717) is 0 Å². The van der Waals surface area contributed by atoms with E-state index in [-0.39, 0.29) is 17.0 Å². The van der Waals surface area contributed by atoms with Crippen LogP contribution in [0.3, 0.4) is 0 Å². The van der Waals surface area contributed by atoms with Crippen LogP contribution in [0.4, 0.5) is 5.69 Å². The lowest BCUT2D eigenvalue weighted by molar-refractivity contribution is -0.682. The summed E-state index contributed by atoms with van der Waals surface area (Å²) in [5.41, 5.74) is 10.7. The van der Waals surface area contributed by atoms with Gasteiger partial charge in [-0.3, -0.25) is 0 Å². The minimum atomic E-state index is 0. The van der Waals surface area contributed by atoms with Crippen molar-refractivity contribution in [2.45, 2.75) is 32.2 Å². The van der Waals surface area contributed by atoms with Crippen LogP contribution in [-0.4, -0.2) is 6.54 Å². The molecule has 3 aliphatic rings. The van der Waals surface area contributed by atoms with Crippen molar-refractivity contribution in [1.82, 2.24) is 0 Å². The van der Waals surface area contributed by atoms with Crippen LogP contribution in [0.1, 0.15) is 31.6 Å². The second-order valence-electron chi connectivity index (χ2n) is 10.6. The van der Waals surface area contributed by atoms with Gasteiger partial charge in [-0.1, -0.05) is 72.8 Å². The Labute approximate surface area is 244 Å². The molecular weight excluding hydrogens is 560 g/mol. The molecule has 0 saturated carbocycles. The third kappa shape index (κ3) is 4.16. The summed E-state index contributed by atoms with van der Waals surface area (Å²) in [5.74, 6) is 2.90. The van der Waals surface area contributed by atoms with Crippen molar-refractivity contribution in [2.24, 2.45) is 0 Å². The molecule has 0 fully saturated rings. The molecule has 8 rings (SSSR count). The molecule has 0 saturated heterocycles. The summed E-state index contributed by atoms with van der Waals surface area (Å²) in [6.07, 6.45) is 6.56. The third-order valence-electron chi connectivity index (χ3n) is 8.17. The fourth-order valence-electron chi connectivity index (χ4n) is 6.26. The fraction of sp³-hybridized carbons (Fsp3) is 0.171. The Kier molecular flexibility index (Phi) is 6.32. The molecule has 3 aliphatic heterocycles. The SMILES string of the molecule is C(=C1CCC[n+]2c1oc1ccc(-c3ccccc3)cc12)C1=C2Oc3ccc(-c4ccccc4)cc3N2CCC1.[Br-]. The van der Waals surface area contributed by atoms with Gasteiger partial charge in [-0.2, -0.15) is 4.57 Å². The van der Waals surface area contributed by atoms with Gasteiger partial charge in [0.1, 0.15) is 0 Å². The van der Waals surface area contributed by atoms with Gasteiger partial charge in [0.2, 0.25) is 11.5 Å². The lowest BCUT2D eigenvalue weighted by Gasteiger charge is -2.25. The van der Waals surface area contributed by atoms with Crippen LogP contribution in [0.2, 0.25) is 0 Å². The third-order valence-corrected chi connectivity index (χ3v) is 8.17. The number of hydrogen-bond acceptors (Lipinski definition) is 3. The summed E-state index contributed by atoms with van der Waals surface area (Å²) >= 11 is 0. The second-order valence-corrected chi connectivity index (χ2v) is 10.6. The van der Waals surface area contributed by atoms with Crippen molar-refractivity contribution in [2.75, 3.05) is 11.4 Å². The minimum absolute atomic E-state index is 0. The van der Waals surface area contributed by atoms with Gasteiger partial charge >= 0.3 is 5.89 Å². The molecule has 0 atom stereocenters. The average Bonchev–Trinajstić information content (AvgIpc) is 3.57. The first-order chi connectivity index (χ1) is 19.3. The van der Waals surface area contributed by atoms with Crippen LogP contribution in [0, 0.1) is 0 Å². The molecule has 4 heterocycles. The molecule has 4 nitrogen and oxygen atoms in total. The summed E-state index contributed by atoms with van der Waals surface area (Å²) in [5, 5.41) is 0. The number of hydrogen-bond donors (Lipinski definition) is 0. The van der Waals surface area contributed by atoms with Gasteiger partial charge in [-0.25, -0.2) is 0 Å². The highest BCUT2D eigenvalue weighted by Crippen LogP contribution is 2.45. The lowest BCUT2D eigenvalue weighted by Crippen LogP contribution is -3.00. The number of ether oxygens (including phenoxy) is 1. The van der Waals surface area contributed by atoms with Crippen molar-refractivity contribution in [3.05, 3.63) is 120 Å². The molecule has 198 valence electrons. The van der Waals surface area contributed by atoms with Gasteiger partial charge in [-0.05, 0) is 65.8 Å². The van der Waals surface area contributed by atoms with E-state index in [9.17, 15) is 0 Å². The van der Waals surface area contributed by atoms with Crippen molar-refractivity contribution in [3.8, 4) is 28.0 Å². The van der Waals surface area contributed by atoms with Crippen LogP contribution >= 0.6 is 0 Å². The molecule has 40 heavy (non-hydrogen) atoms. The van der Waals surface area contributed by atoms with Gasteiger partial charge in [0, 0.05) is 24.6 Å². The van der Waals surface area contributed by atoms with E-state index in [1.54, 1.807) is 0 Å². The summed E-state index contributed by atoms with van der Waals surface area (Å²) < 4.78 is 15.3. The van der Waals surface area contributed by atoms with Crippen molar-refractivity contribution in [3.63, 3.8) is 0 Å². The smallest absolute Gasteiger partial charge is 0.377 e. The normalized spacial score (nSPS) is 16.8. The second kappa shape index (κ2) is 10.1. The van der Waals surface area contributed by atoms with E-state index >= 15 is 0 Å². The van der Waals surface area contributed by atoms with E-state index in [0.717, 1.165) is 73.1 Å². The topological polar surface area (TPSA) is 29.5 Å². The zero-order valence-corrected chi connectivity index (χ0v) is 23.7. The number of allylic oxidation sites excluding steroid dienone is 3. The molecule has 0 amide bonds. The quantitative estimate of drug-likeness (QED) is 0.273. The maximum atomic E-state index is 6.49. The van der Waals surface area contributed by atoms with E-state index in [4.69, 9.17) is 9.15 Å². The highest BCUT2D eigenvalue weighted by Gasteiger charge is 2.34. The Morgan fingerprint density at radius 2 is 1.45 bits per heavy atom. The lowest BCUT2D eigenvalue weighted by atomic mass is 9.98. The number of anilines is 1. The number of halogens is 1. The van der Waals surface area contributed by atoms with E-state index < -0.39 is 0 Å². The number of nitrogens with zero attached hydrogens (tertiary/aromatic N) is 2. The highest BCUT2D eigenvalue weighted by molar-refractivity contribution is 5.80. The highest BCUT2D eigenvalue weighted by atomic mass is 79.9. The van der Waals surface area contributed by atoms with Crippen LogP contribution < -0.4 is 31.2 Å². The maximum Gasteiger partial charge on any atom is 0.377 e. The average molecular weight is 590 g/mol. The first kappa shape index (κ1) is 24.9. The minimum Gasteiger partial charge on any atom is -1.00 e. The number of fused-ring (bicyclic) bond motifs is 6. The zero-order valence-electron chi connectivity index (χ0n) is 22.1. The molecule has 0 N–H and O–H groups in total. The van der Waals surface area contributed by atoms with Gasteiger partial charge in [-0.15, -0.1) is 0 Å². The zero-order chi connectivity index (χ0) is 25.8. The predicted molar refractivity (Wildman–Crippen MR) is 155 cm³/mol. The molecule has 0 unspecified atom stereocenters. The Morgan fingerprint density at radius 1 is 0.725 bits per heavy atom. The summed E-state index contributed by atoms with van der Waals surface area (Å²) in [6.45, 7) is 1.94. The summed E-state index contributed by atoms with van der Waals surface area (Å²) in [4.78, 5) is 2.36. The van der Waals surface area contributed by atoms with E-state index in [1.165, 1.54) is 33.4 Å². The Bertz CT molecular complexity index is 1790. The monoisotopic (exact) mass is 588 g/mol. The Morgan fingerprint density at radius 3 is 2.23 bits per heavy atom. The predicted octanol–water partition coefficient (Wildman–Crippen LogP) is 5.14. The van der Waals surface area contributed by atoms with Crippen molar-refractivity contribution in [1.29, 1.82) is 0 Å². The Balaban J connectivity index is 0.00000264. The van der Waals surface area contributed by atoms with Gasteiger partial charge in [0.05, 0.1) is 11.3 Å². The van der Waals surface area contributed by atoms with Gasteiger partial charge < -0.3 is 31.0 Å². The van der Waals surface area contributed by atoms with Crippen LogP contribution in [0.25, 0.3) is 38.9 Å². The number of rotatable bonds is 3. The van der Waals surface area contributed by atoms with Crippen molar-refractivity contribution < 1.29 is 30.7 Å². The summed E-state index contributed by atoms with van der Waals surface area (Å²) in [6, 6.07) is 34.2. The van der Waals surface area contributed by atoms with Crippen LogP contribution in [0.15, 0.2) is 119 Å². The molecule has 1 aromatic heterocycles. The summed E-state index contributed by atoms with van der Waals surface area (Å²) in [7, 11) is 0. The first-order valence-electron chi connectivity index (χ1n) is 13.9. The standard InChI is InChI=1S/C35H29N2O2.BrH/c1-3-9-24(10-4-1)26-15-17-32-30(22-26)36-19-7-13-28(34(36)38-32)21-29-14-8-20-37-31-23-27(25-11-5-2-6-12-25)16-18-33(31)39-35(29)37;/h1-6,9-12,15-18,21-23H,7-8,13-14,19-20H2;1H/q+1;/p-1.